The molecule has 0 aliphatic carbocycles. The van der Waals surface area contributed by atoms with Gasteiger partial charge >= 0.3 is 12.2 Å². The summed E-state index contributed by atoms with van der Waals surface area (Å²) in [5.41, 5.74) is 6.45. The Morgan fingerprint density at radius 3 is 2.32 bits per heavy atom. The van der Waals surface area contributed by atoms with Crippen molar-refractivity contribution in [2.24, 2.45) is 5.92 Å². The molecule has 4 N–H and O–H groups in total. The average molecular weight is 805 g/mol. The van der Waals surface area contributed by atoms with Crippen LogP contribution in [-0.2, 0) is 30.4 Å². The maximum atomic E-state index is 13.8. The van der Waals surface area contributed by atoms with Gasteiger partial charge in [-0.05, 0) is 79.5 Å². The fourth-order valence-electron chi connectivity index (χ4n) is 8.80. The molecule has 0 saturated carbocycles. The van der Waals surface area contributed by atoms with Crippen molar-refractivity contribution in [1.82, 2.24) is 40.4 Å². The van der Waals surface area contributed by atoms with Crippen LogP contribution < -0.4 is 10.6 Å². The summed E-state index contributed by atoms with van der Waals surface area (Å²) >= 11 is 0. The zero-order chi connectivity index (χ0) is 41.2. The second kappa shape index (κ2) is 17.1. The Hall–Kier alpha value is -5.96. The number of hydrogen-bond donors (Lipinski definition) is 4. The second-order valence-corrected chi connectivity index (χ2v) is 16.0. The molecular weight excluding hydrogens is 753 g/mol. The minimum absolute atomic E-state index is 0.115. The fourth-order valence-corrected chi connectivity index (χ4v) is 8.80. The molecule has 15 heteroatoms. The molecule has 0 spiro atoms. The minimum atomic E-state index is -0.699. The summed E-state index contributed by atoms with van der Waals surface area (Å²) in [7, 11) is 2.60. The number of ether oxygens (including phenoxy) is 3. The third-order valence-electron chi connectivity index (χ3n) is 11.9. The molecular formula is C44H52N8O7. The van der Waals surface area contributed by atoms with Crippen LogP contribution in [-0.4, -0.2) is 99.7 Å². The Morgan fingerprint density at radius 1 is 0.814 bits per heavy atom. The predicted octanol–water partition coefficient (Wildman–Crippen LogP) is 6.91. The number of aromatic nitrogens is 4. The molecule has 15 nitrogen and oxygen atoms in total. The van der Waals surface area contributed by atoms with Crippen LogP contribution in [0, 0.1) is 5.92 Å². The van der Waals surface area contributed by atoms with Gasteiger partial charge in [0.05, 0.1) is 55.3 Å². The summed E-state index contributed by atoms with van der Waals surface area (Å²) in [6.45, 7) is 5.87. The summed E-state index contributed by atoms with van der Waals surface area (Å²) in [4.78, 5) is 72.5. The van der Waals surface area contributed by atoms with Gasteiger partial charge in [0.25, 0.3) is 0 Å². The van der Waals surface area contributed by atoms with Crippen molar-refractivity contribution in [3.63, 3.8) is 0 Å². The van der Waals surface area contributed by atoms with Crippen LogP contribution in [0.4, 0.5) is 9.59 Å². The van der Waals surface area contributed by atoms with E-state index in [1.165, 1.54) is 14.2 Å². The zero-order valence-electron chi connectivity index (χ0n) is 34.0. The normalized spacial score (nSPS) is 20.5. The van der Waals surface area contributed by atoms with Gasteiger partial charge in [0, 0.05) is 30.6 Å². The van der Waals surface area contributed by atoms with Crippen molar-refractivity contribution in [3.8, 4) is 22.4 Å². The summed E-state index contributed by atoms with van der Waals surface area (Å²) in [5, 5.41) is 7.52. The highest BCUT2D eigenvalue weighted by molar-refractivity contribution is 6.05. The fraction of sp³-hybridized carbons (Fsp3) is 0.455. The van der Waals surface area contributed by atoms with Gasteiger partial charge in [0.2, 0.25) is 11.8 Å². The number of amides is 4. The van der Waals surface area contributed by atoms with E-state index < -0.39 is 24.3 Å². The number of alkyl carbamates (subject to hydrolysis) is 2. The number of carbonyl (C=O) groups is 4. The lowest BCUT2D eigenvalue weighted by molar-refractivity contribution is -0.135. The van der Waals surface area contributed by atoms with Gasteiger partial charge in [-0.2, -0.15) is 0 Å². The predicted molar refractivity (Wildman–Crippen MR) is 221 cm³/mol. The minimum Gasteiger partial charge on any atom is -0.453 e. The summed E-state index contributed by atoms with van der Waals surface area (Å²) in [6, 6.07) is 17.0. The number of imidazole rings is 2. The Kier molecular flexibility index (Phi) is 11.5. The molecule has 310 valence electrons. The lowest BCUT2D eigenvalue weighted by atomic mass is 9.99. The third-order valence-corrected chi connectivity index (χ3v) is 11.9. The monoisotopic (exact) mass is 804 g/mol. The van der Waals surface area contributed by atoms with Crippen LogP contribution in [0.25, 0.3) is 44.2 Å². The third kappa shape index (κ3) is 8.07. The summed E-state index contributed by atoms with van der Waals surface area (Å²) < 4.78 is 15.7. The number of methoxy groups -OCH3 is 2. The van der Waals surface area contributed by atoms with Crippen molar-refractivity contribution in [3.05, 3.63) is 71.9 Å². The highest BCUT2D eigenvalue weighted by Gasteiger charge is 2.39. The molecule has 3 aliphatic rings. The van der Waals surface area contributed by atoms with E-state index in [4.69, 9.17) is 24.2 Å². The highest BCUT2D eigenvalue weighted by atomic mass is 16.5. The first kappa shape index (κ1) is 39.8. The number of aromatic amines is 2. The largest absolute Gasteiger partial charge is 0.453 e. The summed E-state index contributed by atoms with van der Waals surface area (Å²) in [6.07, 6.45) is 3.96. The molecule has 2 saturated heterocycles. The second-order valence-electron chi connectivity index (χ2n) is 16.0. The number of nitrogens with one attached hydrogen (secondary N) is 4. The van der Waals surface area contributed by atoms with Gasteiger partial charge in [-0.15, -0.1) is 0 Å². The van der Waals surface area contributed by atoms with Crippen molar-refractivity contribution in [2.75, 3.05) is 33.9 Å². The van der Waals surface area contributed by atoms with Crippen molar-refractivity contribution < 1.29 is 33.4 Å². The van der Waals surface area contributed by atoms with Crippen molar-refractivity contribution >= 4 is 45.8 Å². The van der Waals surface area contributed by atoms with Gasteiger partial charge in [0.15, 0.2) is 0 Å². The molecule has 3 aromatic carbocycles. The first-order chi connectivity index (χ1) is 28.6. The molecule has 2 bridgehead atoms. The number of rotatable bonds is 7. The summed E-state index contributed by atoms with van der Waals surface area (Å²) in [5.74, 6) is 1.08. The molecule has 3 aliphatic heterocycles. The maximum Gasteiger partial charge on any atom is 0.407 e. The van der Waals surface area contributed by atoms with E-state index in [1.807, 2.05) is 29.7 Å². The van der Waals surface area contributed by atoms with E-state index in [0.29, 0.717) is 32.7 Å². The van der Waals surface area contributed by atoms with E-state index in [9.17, 15) is 19.2 Å². The topological polar surface area (TPSA) is 184 Å². The lowest BCUT2D eigenvalue weighted by Crippen LogP contribution is -2.51. The smallest absolute Gasteiger partial charge is 0.407 e. The first-order valence-corrected chi connectivity index (χ1v) is 20.6. The van der Waals surface area contributed by atoms with Gasteiger partial charge in [-0.1, -0.05) is 56.3 Å². The van der Waals surface area contributed by atoms with Gasteiger partial charge < -0.3 is 44.6 Å². The SMILES string of the molecule is COC(=O)N[C@H]1CCCCOCc2[nH]c(nc2-c2ccc(-c3ccc4c(ccc5[nH]c([C@@H]6CCCN6C(=O)[C@@H](NC(=O)OC)C(C)C)nc54)c3)cc2)[C@@H]2CCCN2C1=O. The number of carbonyl (C=O) groups excluding carboxylic acids is 4. The van der Waals surface area contributed by atoms with Crippen LogP contribution >= 0.6 is 0 Å². The number of nitrogens with zero attached hydrogens (tertiary/aromatic N) is 4. The number of hydrogen-bond acceptors (Lipinski definition) is 9. The Bertz CT molecular complexity index is 2350. The number of H-pyrrole nitrogens is 2. The lowest BCUT2D eigenvalue weighted by Gasteiger charge is -2.29. The molecule has 0 unspecified atom stereocenters. The van der Waals surface area contributed by atoms with Crippen molar-refractivity contribution in [1.29, 1.82) is 0 Å². The van der Waals surface area contributed by atoms with Crippen LogP contribution in [0.2, 0.25) is 0 Å². The van der Waals surface area contributed by atoms with E-state index >= 15 is 0 Å². The number of fused-ring (bicyclic) bond motifs is 7. The molecule has 2 aromatic heterocycles. The molecule has 2 fully saturated rings. The molecule has 5 aromatic rings. The van der Waals surface area contributed by atoms with Crippen LogP contribution in [0.5, 0.6) is 0 Å². The van der Waals surface area contributed by atoms with E-state index in [0.717, 1.165) is 100 Å². The van der Waals surface area contributed by atoms with Gasteiger partial charge in [-0.25, -0.2) is 19.6 Å². The van der Waals surface area contributed by atoms with Gasteiger partial charge in [-0.3, -0.25) is 9.59 Å². The van der Waals surface area contributed by atoms with Crippen molar-refractivity contribution in [2.45, 2.75) is 89.6 Å². The molecule has 0 radical (unpaired) electrons. The average Bonchev–Trinajstić information content (AvgIpc) is 4.08. The molecule has 5 heterocycles. The first-order valence-electron chi connectivity index (χ1n) is 20.6. The Labute approximate surface area is 342 Å². The Morgan fingerprint density at radius 2 is 1.54 bits per heavy atom. The van der Waals surface area contributed by atoms with Crippen LogP contribution in [0.1, 0.15) is 88.2 Å². The maximum absolute atomic E-state index is 13.8. The van der Waals surface area contributed by atoms with E-state index in [2.05, 4.69) is 69.1 Å². The quantitative estimate of drug-likeness (QED) is 0.136. The number of likely N-dealkylation sites (tertiary alicyclic amines) is 1. The molecule has 4 amide bonds. The highest BCUT2D eigenvalue weighted by Crippen LogP contribution is 2.37. The van der Waals surface area contributed by atoms with Gasteiger partial charge in [0.1, 0.15) is 23.7 Å². The van der Waals surface area contributed by atoms with Crippen LogP contribution in [0.15, 0.2) is 54.6 Å². The Balaban J connectivity index is 1.03. The zero-order valence-corrected chi connectivity index (χ0v) is 34.0. The standard InChI is InChI=1S/C44H52N8O7/c1-25(2)36(50-44(56)58-4)42(54)52-21-8-11-35(52)39-45-31-19-17-29-23-28(16-18-30(29)38(31)49-39)26-12-14-27(15-13-26)37-33-24-59-22-6-5-9-32(47-43(55)57-3)41(53)51-20-7-10-34(51)40(46-33)48-37/h12-19,23,25,32,34-36H,5-11,20-22,24H2,1-4H3,(H,45,49)(H,46,48)(H,47,55)(H,50,56)/t32-,34-,35-,36-/m0/s1. The molecule has 4 atom stereocenters. The molecule has 8 rings (SSSR count). The number of benzene rings is 3. The molecule has 59 heavy (non-hydrogen) atoms. The van der Waals surface area contributed by atoms with Crippen LogP contribution in [0.3, 0.4) is 0 Å². The van der Waals surface area contributed by atoms with E-state index in [-0.39, 0.29) is 29.8 Å². The van der Waals surface area contributed by atoms with E-state index in [1.54, 1.807) is 0 Å².